The van der Waals surface area contributed by atoms with Gasteiger partial charge in [-0.15, -0.1) is 0 Å². The summed E-state index contributed by atoms with van der Waals surface area (Å²) in [6, 6.07) is 7.23. The fraction of sp³-hybridized carbons (Fsp3) is 0.222. The SMILES string of the molecule is NC(=O)c1cccc2[nH]c(N3CCN(c4cc5[nH]c(=O)[nH]c5cn4)CC3)nc12. The van der Waals surface area contributed by atoms with Gasteiger partial charge in [0.25, 0.3) is 5.91 Å². The standard InChI is InChI=1S/C18H18N8O2/c19-16(27)10-2-1-3-11-15(10)24-17(21-11)26-6-4-25(5-7-26)14-8-12-13(9-20-14)23-18(28)22-12/h1-3,8-9H,4-7H2,(H2,19,27)(H,21,24)(H2,22,23,28). The fourth-order valence-electron chi connectivity index (χ4n) is 3.61. The third-order valence-corrected chi connectivity index (χ3v) is 5.05. The maximum Gasteiger partial charge on any atom is 0.323 e. The van der Waals surface area contributed by atoms with Gasteiger partial charge in [0.05, 0.1) is 28.3 Å². The van der Waals surface area contributed by atoms with Gasteiger partial charge in [0.1, 0.15) is 11.3 Å². The molecule has 0 spiro atoms. The highest BCUT2D eigenvalue weighted by molar-refractivity contribution is 6.04. The Labute approximate surface area is 158 Å². The number of nitrogens with one attached hydrogen (secondary N) is 3. The molecule has 0 bridgehead atoms. The highest BCUT2D eigenvalue weighted by Gasteiger charge is 2.22. The summed E-state index contributed by atoms with van der Waals surface area (Å²) in [5.74, 6) is 1.06. The van der Waals surface area contributed by atoms with Gasteiger partial charge in [0.2, 0.25) is 5.95 Å². The maximum absolute atomic E-state index is 11.6. The molecule has 1 fully saturated rings. The van der Waals surface area contributed by atoms with E-state index in [9.17, 15) is 9.59 Å². The first kappa shape index (κ1) is 16.4. The summed E-state index contributed by atoms with van der Waals surface area (Å²) < 4.78 is 0. The number of aromatic amines is 3. The van der Waals surface area contributed by atoms with Crippen molar-refractivity contribution in [1.82, 2.24) is 24.9 Å². The summed E-state index contributed by atoms with van der Waals surface area (Å²) in [6.07, 6.45) is 1.67. The Hall–Kier alpha value is -3.82. The first-order valence-electron chi connectivity index (χ1n) is 8.95. The molecule has 5 N–H and O–H groups in total. The molecule has 0 unspecified atom stereocenters. The summed E-state index contributed by atoms with van der Waals surface area (Å²) in [6.45, 7) is 3.00. The average molecular weight is 378 g/mol. The number of nitrogens with zero attached hydrogens (tertiary/aromatic N) is 4. The lowest BCUT2D eigenvalue weighted by molar-refractivity contribution is 0.100. The molecule has 10 heteroatoms. The van der Waals surface area contributed by atoms with E-state index in [4.69, 9.17) is 5.73 Å². The lowest BCUT2D eigenvalue weighted by Gasteiger charge is -2.35. The van der Waals surface area contributed by atoms with Crippen molar-refractivity contribution < 1.29 is 4.79 Å². The van der Waals surface area contributed by atoms with Crippen LogP contribution in [0.3, 0.4) is 0 Å². The predicted octanol–water partition coefficient (Wildman–Crippen LogP) is 0.553. The number of nitrogens with two attached hydrogens (primary N) is 1. The molecular formula is C18H18N8O2. The van der Waals surface area contributed by atoms with Crippen LogP contribution < -0.4 is 21.2 Å². The molecule has 4 aromatic rings. The minimum atomic E-state index is -0.488. The molecule has 0 saturated carbocycles. The van der Waals surface area contributed by atoms with Crippen LogP contribution in [-0.2, 0) is 0 Å². The largest absolute Gasteiger partial charge is 0.366 e. The van der Waals surface area contributed by atoms with Gasteiger partial charge >= 0.3 is 5.69 Å². The molecule has 0 radical (unpaired) electrons. The van der Waals surface area contributed by atoms with Crippen LogP contribution in [0.1, 0.15) is 10.4 Å². The number of anilines is 2. The van der Waals surface area contributed by atoms with Crippen molar-refractivity contribution in [3.8, 4) is 0 Å². The molecular weight excluding hydrogens is 360 g/mol. The lowest BCUT2D eigenvalue weighted by Crippen LogP contribution is -2.47. The number of hydrogen-bond donors (Lipinski definition) is 4. The number of fused-ring (bicyclic) bond motifs is 2. The topological polar surface area (TPSA) is 140 Å². The third-order valence-electron chi connectivity index (χ3n) is 5.05. The van der Waals surface area contributed by atoms with Crippen LogP contribution in [0.2, 0.25) is 0 Å². The summed E-state index contributed by atoms with van der Waals surface area (Å²) >= 11 is 0. The summed E-state index contributed by atoms with van der Waals surface area (Å²) in [7, 11) is 0. The van der Waals surface area contributed by atoms with Gasteiger partial charge in [0.15, 0.2) is 0 Å². The van der Waals surface area contributed by atoms with Crippen LogP contribution in [0.5, 0.6) is 0 Å². The van der Waals surface area contributed by atoms with Crippen molar-refractivity contribution in [2.45, 2.75) is 0 Å². The number of primary amides is 1. The predicted molar refractivity (Wildman–Crippen MR) is 106 cm³/mol. The lowest BCUT2D eigenvalue weighted by atomic mass is 10.2. The minimum absolute atomic E-state index is 0.237. The minimum Gasteiger partial charge on any atom is -0.366 e. The summed E-state index contributed by atoms with van der Waals surface area (Å²) in [5, 5.41) is 0. The quantitative estimate of drug-likeness (QED) is 0.410. The number of H-pyrrole nitrogens is 3. The fourth-order valence-corrected chi connectivity index (χ4v) is 3.61. The number of para-hydroxylation sites is 1. The number of amides is 1. The molecule has 1 aliphatic rings. The molecule has 0 atom stereocenters. The second-order valence-electron chi connectivity index (χ2n) is 6.77. The Bertz CT molecular complexity index is 1250. The van der Waals surface area contributed by atoms with E-state index < -0.39 is 5.91 Å². The van der Waals surface area contributed by atoms with Crippen molar-refractivity contribution in [2.75, 3.05) is 36.0 Å². The van der Waals surface area contributed by atoms with Crippen LogP contribution in [0.4, 0.5) is 11.8 Å². The molecule has 1 aliphatic heterocycles. The van der Waals surface area contributed by atoms with Crippen molar-refractivity contribution in [1.29, 1.82) is 0 Å². The van der Waals surface area contributed by atoms with E-state index in [2.05, 4.69) is 34.7 Å². The zero-order valence-corrected chi connectivity index (χ0v) is 14.9. The number of pyridine rings is 1. The van der Waals surface area contributed by atoms with Gasteiger partial charge in [0, 0.05) is 32.2 Å². The number of imidazole rings is 2. The van der Waals surface area contributed by atoms with E-state index in [-0.39, 0.29) is 5.69 Å². The zero-order chi connectivity index (χ0) is 19.3. The smallest absolute Gasteiger partial charge is 0.323 e. The molecule has 5 rings (SSSR count). The Morgan fingerprint density at radius 1 is 1.00 bits per heavy atom. The molecule has 10 nitrogen and oxygen atoms in total. The molecule has 4 heterocycles. The molecule has 0 aliphatic carbocycles. The first-order chi connectivity index (χ1) is 13.6. The van der Waals surface area contributed by atoms with Crippen LogP contribution in [0, 0.1) is 0 Å². The summed E-state index contributed by atoms with van der Waals surface area (Å²) in [5.41, 5.74) is 8.44. The monoisotopic (exact) mass is 378 g/mol. The molecule has 1 saturated heterocycles. The van der Waals surface area contributed by atoms with E-state index >= 15 is 0 Å². The van der Waals surface area contributed by atoms with E-state index in [0.717, 1.165) is 49.0 Å². The van der Waals surface area contributed by atoms with Gasteiger partial charge < -0.3 is 30.5 Å². The molecule has 28 heavy (non-hydrogen) atoms. The zero-order valence-electron chi connectivity index (χ0n) is 14.9. The van der Waals surface area contributed by atoms with Crippen molar-refractivity contribution in [3.05, 3.63) is 46.5 Å². The molecule has 142 valence electrons. The van der Waals surface area contributed by atoms with Crippen molar-refractivity contribution in [3.63, 3.8) is 0 Å². The normalized spacial score (nSPS) is 14.9. The highest BCUT2D eigenvalue weighted by Crippen LogP contribution is 2.23. The van der Waals surface area contributed by atoms with E-state index in [1.807, 2.05) is 12.1 Å². The molecule has 3 aromatic heterocycles. The number of benzene rings is 1. The maximum atomic E-state index is 11.6. The van der Waals surface area contributed by atoms with Gasteiger partial charge in [-0.25, -0.2) is 14.8 Å². The number of piperazine rings is 1. The van der Waals surface area contributed by atoms with Crippen molar-refractivity contribution >= 4 is 39.7 Å². The number of rotatable bonds is 3. The van der Waals surface area contributed by atoms with Gasteiger partial charge in [-0.1, -0.05) is 6.07 Å². The first-order valence-corrected chi connectivity index (χ1v) is 8.95. The van der Waals surface area contributed by atoms with Crippen LogP contribution in [-0.4, -0.2) is 57.0 Å². The number of carbonyl (C=O) groups excluding carboxylic acids is 1. The summed E-state index contributed by atoms with van der Waals surface area (Å²) in [4.78, 5) is 45.1. The van der Waals surface area contributed by atoms with Crippen molar-refractivity contribution in [2.24, 2.45) is 5.73 Å². The van der Waals surface area contributed by atoms with Gasteiger partial charge in [-0.3, -0.25) is 4.79 Å². The van der Waals surface area contributed by atoms with Gasteiger partial charge in [-0.2, -0.15) is 0 Å². The second-order valence-corrected chi connectivity index (χ2v) is 6.77. The van der Waals surface area contributed by atoms with E-state index in [0.29, 0.717) is 16.6 Å². The number of aromatic nitrogens is 5. The molecule has 1 aromatic carbocycles. The number of carbonyl (C=O) groups is 1. The van der Waals surface area contributed by atoms with Crippen LogP contribution >= 0.6 is 0 Å². The molecule has 1 amide bonds. The Kier molecular flexibility index (Phi) is 3.57. The van der Waals surface area contributed by atoms with E-state index in [1.165, 1.54) is 0 Å². The van der Waals surface area contributed by atoms with Crippen LogP contribution in [0.25, 0.3) is 22.1 Å². The Morgan fingerprint density at radius 2 is 1.75 bits per heavy atom. The Balaban J connectivity index is 1.36. The highest BCUT2D eigenvalue weighted by atomic mass is 16.1. The van der Waals surface area contributed by atoms with Crippen LogP contribution in [0.15, 0.2) is 35.3 Å². The third kappa shape index (κ3) is 2.66. The Morgan fingerprint density at radius 3 is 2.54 bits per heavy atom. The number of hydrogen-bond acceptors (Lipinski definition) is 6. The van der Waals surface area contributed by atoms with E-state index in [1.54, 1.807) is 18.3 Å². The van der Waals surface area contributed by atoms with Gasteiger partial charge in [-0.05, 0) is 12.1 Å². The average Bonchev–Trinajstić information content (AvgIpc) is 3.29. The second kappa shape index (κ2) is 6.12.